The van der Waals surface area contributed by atoms with E-state index < -0.39 is 0 Å². The Kier molecular flexibility index (Phi) is 42.0. The van der Waals surface area contributed by atoms with Crippen molar-refractivity contribution in [3.63, 3.8) is 0 Å². The Hall–Kier alpha value is -0.860. The van der Waals surface area contributed by atoms with Gasteiger partial charge in [-0.2, -0.15) is 0 Å². The van der Waals surface area contributed by atoms with Crippen LogP contribution in [0.25, 0.3) is 0 Å². The van der Waals surface area contributed by atoms with Crippen molar-refractivity contribution < 1.29 is 0 Å². The number of unbranched alkanes of at least 4 members (excludes halogenated alkanes) is 32. The van der Waals surface area contributed by atoms with Gasteiger partial charge in [0.05, 0.1) is 0 Å². The van der Waals surface area contributed by atoms with Crippen LogP contribution in [0, 0.1) is 0 Å². The predicted octanol–water partition coefficient (Wildman–Crippen LogP) is 20.5. The minimum atomic E-state index is 0.640. The number of hydrogen-bond acceptors (Lipinski definition) is 2. The Labute approximate surface area is 393 Å². The largest absolute Gasteiger partial charge is 0.294 e. The van der Waals surface area contributed by atoms with Gasteiger partial charge in [-0.15, -0.1) is 0 Å². The third kappa shape index (κ3) is 33.6. The number of nitrogens with zero attached hydrogens (tertiary/aromatic N) is 2. The molecule has 0 heterocycles. The van der Waals surface area contributed by atoms with Gasteiger partial charge in [-0.1, -0.05) is 283 Å². The van der Waals surface area contributed by atoms with Gasteiger partial charge in [0.2, 0.25) is 0 Å². The molecule has 4 atom stereocenters. The van der Waals surface area contributed by atoms with Crippen molar-refractivity contribution in [1.29, 1.82) is 0 Å². The Morgan fingerprint density at radius 3 is 0.694 bits per heavy atom. The molecule has 0 aliphatic heterocycles. The molecule has 0 aliphatic carbocycles. The highest BCUT2D eigenvalue weighted by molar-refractivity contribution is 5.24. The molecule has 0 aromatic heterocycles. The predicted molar refractivity (Wildman–Crippen MR) is 283 cm³/mol. The van der Waals surface area contributed by atoms with Gasteiger partial charge in [-0.3, -0.25) is 9.80 Å². The van der Waals surface area contributed by atoms with Gasteiger partial charge in [0.15, 0.2) is 0 Å². The lowest BCUT2D eigenvalue weighted by Gasteiger charge is -2.36. The third-order valence-corrected chi connectivity index (χ3v) is 14.9. The maximum absolute atomic E-state index is 2.92. The molecule has 0 aliphatic rings. The van der Waals surface area contributed by atoms with E-state index in [9.17, 15) is 0 Å². The smallest absolute Gasteiger partial charge is 0.0239 e. The molecule has 0 amide bonds. The summed E-state index contributed by atoms with van der Waals surface area (Å²) in [5.41, 5.74) is 3.08. The van der Waals surface area contributed by atoms with Crippen LogP contribution in [0.4, 0.5) is 0 Å². The zero-order valence-corrected chi connectivity index (χ0v) is 44.2. The Bertz CT molecular complexity index is 902. The summed E-state index contributed by atoms with van der Waals surface area (Å²) in [6.07, 6.45) is 56.5. The van der Waals surface area contributed by atoms with Crippen molar-refractivity contribution in [1.82, 2.24) is 9.80 Å². The lowest BCUT2D eigenvalue weighted by atomic mass is 9.99. The Morgan fingerprint density at radius 1 is 0.290 bits per heavy atom. The molecule has 4 unspecified atom stereocenters. The molecule has 0 bridgehead atoms. The zero-order valence-electron chi connectivity index (χ0n) is 44.2. The van der Waals surface area contributed by atoms with E-state index in [1.54, 1.807) is 11.1 Å². The molecule has 0 N–H and O–H groups in total. The molecule has 0 spiro atoms. The number of benzene rings is 1. The topological polar surface area (TPSA) is 6.48 Å². The van der Waals surface area contributed by atoms with Crippen LogP contribution in [-0.2, 0) is 13.1 Å². The fraction of sp³-hybridized carbons (Fsp3) is 0.900. The molecule has 1 rings (SSSR count). The van der Waals surface area contributed by atoms with Crippen LogP contribution in [0.15, 0.2) is 24.3 Å². The fourth-order valence-electron chi connectivity index (χ4n) is 10.4. The van der Waals surface area contributed by atoms with Crippen LogP contribution in [0.5, 0.6) is 0 Å². The van der Waals surface area contributed by atoms with E-state index in [4.69, 9.17) is 0 Å². The van der Waals surface area contributed by atoms with Gasteiger partial charge in [-0.05, 0) is 64.5 Å². The van der Waals surface area contributed by atoms with Crippen LogP contribution >= 0.6 is 0 Å². The minimum Gasteiger partial charge on any atom is -0.294 e. The van der Waals surface area contributed by atoms with E-state index >= 15 is 0 Å². The number of rotatable bonds is 48. The van der Waals surface area contributed by atoms with Crippen LogP contribution in [-0.4, -0.2) is 34.0 Å². The average Bonchev–Trinajstić information content (AvgIpc) is 3.27. The first kappa shape index (κ1) is 59.2. The van der Waals surface area contributed by atoms with E-state index in [0.29, 0.717) is 24.2 Å². The van der Waals surface area contributed by atoms with E-state index in [1.165, 1.54) is 257 Å². The zero-order chi connectivity index (χ0) is 45.1. The summed E-state index contributed by atoms with van der Waals surface area (Å²) in [5.74, 6) is 0. The summed E-state index contributed by atoms with van der Waals surface area (Å²) in [5, 5.41) is 0. The highest BCUT2D eigenvalue weighted by Crippen LogP contribution is 2.25. The van der Waals surface area contributed by atoms with Gasteiger partial charge in [-0.25, -0.2) is 0 Å². The van der Waals surface area contributed by atoms with Crippen molar-refractivity contribution in [3.8, 4) is 0 Å². The fourth-order valence-corrected chi connectivity index (χ4v) is 10.4. The Balaban J connectivity index is 2.94. The van der Waals surface area contributed by atoms with E-state index in [2.05, 4.69) is 89.5 Å². The van der Waals surface area contributed by atoms with Crippen LogP contribution < -0.4 is 0 Å². The molecular formula is C60H116N2. The summed E-state index contributed by atoms with van der Waals surface area (Å²) in [6.45, 7) is 21.8. The minimum absolute atomic E-state index is 0.640. The highest BCUT2D eigenvalue weighted by atomic mass is 15.2. The lowest BCUT2D eigenvalue weighted by molar-refractivity contribution is 0.124. The van der Waals surface area contributed by atoms with Crippen LogP contribution in [0.2, 0.25) is 0 Å². The molecule has 62 heavy (non-hydrogen) atoms. The monoisotopic (exact) mass is 865 g/mol. The lowest BCUT2D eigenvalue weighted by Crippen LogP contribution is -2.40. The van der Waals surface area contributed by atoms with Crippen molar-refractivity contribution in [2.45, 2.75) is 349 Å². The summed E-state index contributed by atoms with van der Waals surface area (Å²) in [4.78, 5) is 5.84. The summed E-state index contributed by atoms with van der Waals surface area (Å²) in [6, 6.07) is 12.5. The SMILES string of the molecule is CCCCCCCCCCCC(C)N(Cc1cccc(CN(C(C)CCCCCCCCCCC)C(C)CCCCCCCCCCC)c1)C(C)CCCCCCCCCCC. The molecular weight excluding hydrogens is 749 g/mol. The molecule has 0 radical (unpaired) electrons. The van der Waals surface area contributed by atoms with Crippen molar-refractivity contribution in [3.05, 3.63) is 35.4 Å². The quantitative estimate of drug-likeness (QED) is 0.0602. The second kappa shape index (κ2) is 44.0. The molecule has 366 valence electrons. The normalized spacial score (nSPS) is 14.0. The third-order valence-electron chi connectivity index (χ3n) is 14.9. The number of hydrogen-bond donors (Lipinski definition) is 0. The Morgan fingerprint density at radius 2 is 0.484 bits per heavy atom. The molecule has 0 fully saturated rings. The highest BCUT2D eigenvalue weighted by Gasteiger charge is 2.23. The van der Waals surface area contributed by atoms with Crippen molar-refractivity contribution in [2.24, 2.45) is 0 Å². The summed E-state index contributed by atoms with van der Waals surface area (Å²) in [7, 11) is 0. The first-order chi connectivity index (χ1) is 30.4. The summed E-state index contributed by atoms with van der Waals surface area (Å²) >= 11 is 0. The van der Waals surface area contributed by atoms with Gasteiger partial charge < -0.3 is 0 Å². The first-order valence-electron chi connectivity index (χ1n) is 29.0. The molecule has 1 aromatic carbocycles. The van der Waals surface area contributed by atoms with E-state index in [0.717, 1.165) is 13.1 Å². The van der Waals surface area contributed by atoms with Crippen LogP contribution in [0.3, 0.4) is 0 Å². The second-order valence-electron chi connectivity index (χ2n) is 21.0. The maximum atomic E-state index is 2.92. The van der Waals surface area contributed by atoms with Gasteiger partial charge in [0, 0.05) is 37.3 Å². The molecule has 0 saturated heterocycles. The second-order valence-corrected chi connectivity index (χ2v) is 21.0. The molecule has 0 saturated carbocycles. The molecule has 1 aromatic rings. The molecule has 2 heteroatoms. The van der Waals surface area contributed by atoms with Crippen LogP contribution in [0.1, 0.15) is 323 Å². The standard InChI is InChI=1S/C60H116N2/c1-9-13-17-21-25-29-33-37-41-46-55(5)61(56(6)47-42-38-34-30-26-22-18-14-10-2)53-59-50-45-51-60(52-59)54-62(57(7)48-43-39-35-31-27-23-19-15-11-3)58(8)49-44-40-36-32-28-24-20-16-12-4/h45,50-52,55-58H,9-44,46-49,53-54H2,1-8H3. The van der Waals surface area contributed by atoms with Gasteiger partial charge in [0.25, 0.3) is 0 Å². The van der Waals surface area contributed by atoms with E-state index in [1.807, 2.05) is 0 Å². The van der Waals surface area contributed by atoms with Gasteiger partial charge >= 0.3 is 0 Å². The maximum Gasteiger partial charge on any atom is 0.0239 e. The summed E-state index contributed by atoms with van der Waals surface area (Å²) < 4.78 is 0. The first-order valence-corrected chi connectivity index (χ1v) is 29.0. The van der Waals surface area contributed by atoms with E-state index in [-0.39, 0.29) is 0 Å². The van der Waals surface area contributed by atoms with Gasteiger partial charge in [0.1, 0.15) is 0 Å². The molecule has 2 nitrogen and oxygen atoms in total. The average molecular weight is 866 g/mol. The van der Waals surface area contributed by atoms with Crippen molar-refractivity contribution in [2.75, 3.05) is 0 Å². The van der Waals surface area contributed by atoms with Crippen molar-refractivity contribution >= 4 is 0 Å².